The average molecular weight is 733 g/mol. The largest absolute Gasteiger partial charge is 0.497 e. The highest BCUT2D eigenvalue weighted by atomic mass is 16.6. The summed E-state index contributed by atoms with van der Waals surface area (Å²) in [4.78, 5) is 29.4. The normalized spacial score (nSPS) is 13.1. The van der Waals surface area contributed by atoms with Gasteiger partial charge in [0.25, 0.3) is 0 Å². The van der Waals surface area contributed by atoms with Gasteiger partial charge in [-0.05, 0) is 49.9 Å². The number of methoxy groups -OCH3 is 6. The minimum atomic E-state index is -0.763. The van der Waals surface area contributed by atoms with Crippen molar-refractivity contribution in [3.8, 4) is 46.0 Å². The van der Waals surface area contributed by atoms with Crippen LogP contribution in [-0.2, 0) is 6.54 Å². The van der Waals surface area contributed by atoms with Crippen molar-refractivity contribution in [1.29, 1.82) is 0 Å². The Labute approximate surface area is 310 Å². The molecule has 284 valence electrons. The van der Waals surface area contributed by atoms with Crippen LogP contribution in [0.25, 0.3) is 0 Å². The molecule has 2 heterocycles. The predicted octanol–water partition coefficient (Wildman–Crippen LogP) is 5.49. The molecule has 0 unspecified atom stereocenters. The number of anilines is 3. The fraction of sp³-hybridized carbons (Fsp3) is 0.395. The van der Waals surface area contributed by atoms with Gasteiger partial charge in [0.15, 0.2) is 23.0 Å². The Morgan fingerprint density at radius 1 is 0.774 bits per heavy atom. The fourth-order valence-electron chi connectivity index (χ4n) is 5.81. The van der Waals surface area contributed by atoms with E-state index in [1.54, 1.807) is 83.0 Å². The molecule has 1 N–H and O–H groups in total. The number of para-hydroxylation sites is 1. The first-order valence-corrected chi connectivity index (χ1v) is 17.1. The Kier molecular flexibility index (Phi) is 13.6. The first-order valence-electron chi connectivity index (χ1n) is 17.1. The summed E-state index contributed by atoms with van der Waals surface area (Å²) in [7, 11) is 11.3. The number of piperazine rings is 1. The molecule has 15 heteroatoms. The van der Waals surface area contributed by atoms with E-state index in [4.69, 9.17) is 42.9 Å². The molecule has 1 aromatic heterocycles. The zero-order valence-electron chi connectivity index (χ0n) is 31.3. The van der Waals surface area contributed by atoms with Crippen molar-refractivity contribution in [2.45, 2.75) is 13.0 Å². The Morgan fingerprint density at radius 3 is 2.13 bits per heavy atom. The first-order chi connectivity index (χ1) is 25.8. The van der Waals surface area contributed by atoms with Crippen molar-refractivity contribution in [1.82, 2.24) is 19.8 Å². The molecule has 0 bridgehead atoms. The monoisotopic (exact) mass is 732 g/mol. The highest BCUT2D eigenvalue weighted by Gasteiger charge is 2.26. The van der Waals surface area contributed by atoms with E-state index in [9.17, 15) is 4.79 Å². The van der Waals surface area contributed by atoms with E-state index in [1.807, 2.05) is 0 Å². The zero-order chi connectivity index (χ0) is 37.7. The summed E-state index contributed by atoms with van der Waals surface area (Å²) in [5, 5.41) is 3.23. The number of carbonyl (C=O) groups is 1. The molecule has 0 radical (unpaired) electrons. The zero-order valence-corrected chi connectivity index (χ0v) is 31.3. The Hall–Kier alpha value is -5.67. The van der Waals surface area contributed by atoms with Gasteiger partial charge in [-0.15, -0.1) is 0 Å². The summed E-state index contributed by atoms with van der Waals surface area (Å²) in [5.41, 5.74) is 1.22. The van der Waals surface area contributed by atoms with Crippen molar-refractivity contribution >= 4 is 23.5 Å². The molecular weight excluding hydrogens is 684 g/mol. The van der Waals surface area contributed by atoms with Gasteiger partial charge in [-0.3, -0.25) is 4.90 Å². The van der Waals surface area contributed by atoms with Crippen molar-refractivity contribution < 1.29 is 42.7 Å². The maximum atomic E-state index is 14.1. The van der Waals surface area contributed by atoms with Gasteiger partial charge >= 0.3 is 6.09 Å². The Morgan fingerprint density at radius 2 is 1.47 bits per heavy atom. The van der Waals surface area contributed by atoms with E-state index in [2.05, 4.69) is 27.1 Å². The molecule has 1 fully saturated rings. The maximum absolute atomic E-state index is 14.1. The van der Waals surface area contributed by atoms with Crippen molar-refractivity contribution in [2.75, 3.05) is 99.3 Å². The number of carbonyl (C=O) groups excluding carboxylic acids is 1. The van der Waals surface area contributed by atoms with E-state index >= 15 is 0 Å². The van der Waals surface area contributed by atoms with Gasteiger partial charge in [0.05, 0.1) is 55.8 Å². The second kappa shape index (κ2) is 18.7. The first kappa shape index (κ1) is 38.6. The topological polar surface area (TPSA) is 138 Å². The number of nitrogens with zero attached hydrogens (tertiary/aromatic N) is 5. The summed E-state index contributed by atoms with van der Waals surface area (Å²) < 4.78 is 45.5. The number of aromatic nitrogens is 2. The second-order valence-electron chi connectivity index (χ2n) is 12.0. The van der Waals surface area contributed by atoms with Gasteiger partial charge in [0, 0.05) is 62.3 Å². The van der Waals surface area contributed by atoms with Gasteiger partial charge < -0.3 is 53.0 Å². The molecule has 0 atom stereocenters. The van der Waals surface area contributed by atoms with Gasteiger partial charge in [0.1, 0.15) is 17.3 Å². The highest BCUT2D eigenvalue weighted by Crippen LogP contribution is 2.41. The average Bonchev–Trinajstić information content (AvgIpc) is 3.18. The van der Waals surface area contributed by atoms with Crippen LogP contribution >= 0.6 is 0 Å². The minimum Gasteiger partial charge on any atom is -0.497 e. The van der Waals surface area contributed by atoms with Crippen LogP contribution in [-0.4, -0.2) is 115 Å². The summed E-state index contributed by atoms with van der Waals surface area (Å²) >= 11 is 0. The van der Waals surface area contributed by atoms with Crippen LogP contribution < -0.4 is 48.1 Å². The highest BCUT2D eigenvalue weighted by molar-refractivity contribution is 5.89. The number of amides is 1. The van der Waals surface area contributed by atoms with Crippen LogP contribution in [0, 0.1) is 0 Å². The molecule has 1 aliphatic heterocycles. The Balaban J connectivity index is 1.42. The van der Waals surface area contributed by atoms with Crippen molar-refractivity contribution in [3.05, 3.63) is 66.4 Å². The van der Waals surface area contributed by atoms with E-state index in [1.165, 1.54) is 25.3 Å². The quantitative estimate of drug-likeness (QED) is 0.137. The maximum Gasteiger partial charge on any atom is 0.421 e. The molecule has 53 heavy (non-hydrogen) atoms. The third-order valence-electron chi connectivity index (χ3n) is 8.70. The van der Waals surface area contributed by atoms with Crippen LogP contribution in [0.3, 0.4) is 0 Å². The SMILES string of the molecule is COc1ccc(OC)c(CN(C(=O)Oc2c(OC)cccc2OC)c2ccnc(Nc3cc(OC)c(OC)c(OCCCN4CCN(C)CC4)c3)n2)c1. The van der Waals surface area contributed by atoms with Gasteiger partial charge in [0.2, 0.25) is 17.4 Å². The number of hydrogen-bond donors (Lipinski definition) is 1. The predicted molar refractivity (Wildman–Crippen MR) is 200 cm³/mol. The summed E-state index contributed by atoms with van der Waals surface area (Å²) in [6, 6.07) is 15.5. The molecule has 3 aromatic carbocycles. The second-order valence-corrected chi connectivity index (χ2v) is 12.0. The van der Waals surface area contributed by atoms with Gasteiger partial charge in [-0.2, -0.15) is 4.98 Å². The van der Waals surface area contributed by atoms with Crippen molar-refractivity contribution in [2.24, 2.45) is 0 Å². The molecule has 15 nitrogen and oxygen atoms in total. The van der Waals surface area contributed by atoms with Gasteiger partial charge in [-0.25, -0.2) is 9.78 Å². The third kappa shape index (κ3) is 9.81. The third-order valence-corrected chi connectivity index (χ3v) is 8.70. The Bertz CT molecular complexity index is 1800. The standard InChI is InChI=1S/C38H48N6O9/c1-42-17-19-43(20-18-42)16-9-21-52-33-24-27(23-32(50-6)35(33)51-7)40-37-39-15-14-34(41-37)44(25-26-22-28(46-2)12-13-29(26)47-3)38(45)53-36-30(48-4)10-8-11-31(36)49-5/h8,10-15,22-24H,9,16-21,25H2,1-7H3,(H,39,40,41). The summed E-state index contributed by atoms with van der Waals surface area (Å²) in [6.45, 7) is 5.64. The fourth-order valence-corrected chi connectivity index (χ4v) is 5.81. The van der Waals surface area contributed by atoms with E-state index in [-0.39, 0.29) is 24.1 Å². The molecule has 1 aliphatic rings. The molecule has 0 spiro atoms. The number of ether oxygens (including phenoxy) is 8. The van der Waals surface area contributed by atoms with Crippen LogP contribution in [0.2, 0.25) is 0 Å². The number of likely N-dealkylation sites (N-methyl/N-ethyl adjacent to an activating group) is 1. The number of nitrogens with one attached hydrogen (secondary N) is 1. The van der Waals surface area contributed by atoms with Crippen LogP contribution in [0.15, 0.2) is 60.8 Å². The summed E-state index contributed by atoms with van der Waals surface area (Å²) in [5.74, 6) is 3.71. The van der Waals surface area contributed by atoms with E-state index in [0.29, 0.717) is 58.1 Å². The minimum absolute atomic E-state index is 0.00436. The van der Waals surface area contributed by atoms with Crippen LogP contribution in [0.5, 0.6) is 46.0 Å². The molecule has 5 rings (SSSR count). The lowest BCUT2D eigenvalue weighted by Gasteiger charge is -2.32. The number of hydrogen-bond acceptors (Lipinski definition) is 14. The summed E-state index contributed by atoms with van der Waals surface area (Å²) in [6.07, 6.45) is 1.62. The number of benzene rings is 3. The molecule has 1 saturated heterocycles. The van der Waals surface area contributed by atoms with Crippen molar-refractivity contribution in [3.63, 3.8) is 0 Å². The molecule has 4 aromatic rings. The van der Waals surface area contributed by atoms with E-state index < -0.39 is 6.09 Å². The molecule has 0 saturated carbocycles. The number of rotatable bonds is 17. The lowest BCUT2D eigenvalue weighted by Crippen LogP contribution is -2.44. The molecular formula is C38H48N6O9. The van der Waals surface area contributed by atoms with Crippen LogP contribution in [0.1, 0.15) is 12.0 Å². The lowest BCUT2D eigenvalue weighted by molar-refractivity contribution is 0.145. The smallest absolute Gasteiger partial charge is 0.421 e. The lowest BCUT2D eigenvalue weighted by atomic mass is 10.1. The van der Waals surface area contributed by atoms with Gasteiger partial charge in [-0.1, -0.05) is 6.07 Å². The molecule has 0 aliphatic carbocycles. The van der Waals surface area contributed by atoms with Crippen LogP contribution in [0.4, 0.5) is 22.2 Å². The molecule has 1 amide bonds. The van der Waals surface area contributed by atoms with E-state index in [0.717, 1.165) is 39.1 Å².